The van der Waals surface area contributed by atoms with E-state index in [2.05, 4.69) is 21.0 Å². The average molecular weight is 357 g/mol. The highest BCUT2D eigenvalue weighted by Gasteiger charge is 2.18. The molecular formula is C14H14BrFN2O3. The van der Waals surface area contributed by atoms with Crippen LogP contribution in [-0.4, -0.2) is 22.4 Å². The molecule has 0 unspecified atom stereocenters. The number of ether oxygens (including phenoxy) is 2. The minimum absolute atomic E-state index is 0.0761. The van der Waals surface area contributed by atoms with Crippen LogP contribution in [0.15, 0.2) is 28.9 Å². The first-order valence-electron chi connectivity index (χ1n) is 6.28. The molecule has 112 valence electrons. The van der Waals surface area contributed by atoms with Gasteiger partial charge < -0.3 is 9.47 Å². The van der Waals surface area contributed by atoms with Crippen molar-refractivity contribution in [3.05, 3.63) is 45.9 Å². The van der Waals surface area contributed by atoms with Crippen molar-refractivity contribution < 1.29 is 18.7 Å². The lowest BCUT2D eigenvalue weighted by Gasteiger charge is -2.10. The second-order valence-corrected chi connectivity index (χ2v) is 5.07. The van der Waals surface area contributed by atoms with Crippen LogP contribution in [0.5, 0.6) is 5.75 Å². The molecular weight excluding hydrogens is 343 g/mol. The van der Waals surface area contributed by atoms with E-state index in [9.17, 15) is 9.18 Å². The van der Waals surface area contributed by atoms with Crippen LogP contribution in [0.4, 0.5) is 4.39 Å². The summed E-state index contributed by atoms with van der Waals surface area (Å²) in [4.78, 5) is 11.8. The molecule has 0 bridgehead atoms. The molecule has 0 spiro atoms. The number of aryl methyl sites for hydroxylation is 1. The van der Waals surface area contributed by atoms with Gasteiger partial charge in [0.05, 0.1) is 23.0 Å². The summed E-state index contributed by atoms with van der Waals surface area (Å²) in [7, 11) is 1.70. The summed E-state index contributed by atoms with van der Waals surface area (Å²) in [5, 5.41) is 4.02. The predicted molar refractivity (Wildman–Crippen MR) is 77.6 cm³/mol. The first kappa shape index (κ1) is 15.5. The van der Waals surface area contributed by atoms with E-state index in [1.807, 2.05) is 0 Å². The summed E-state index contributed by atoms with van der Waals surface area (Å²) in [6, 6.07) is 4.15. The lowest BCUT2D eigenvalue weighted by Crippen LogP contribution is -2.11. The number of hydrogen-bond donors (Lipinski definition) is 0. The van der Waals surface area contributed by atoms with E-state index in [-0.39, 0.29) is 13.2 Å². The molecule has 5 nitrogen and oxygen atoms in total. The van der Waals surface area contributed by atoms with Crippen molar-refractivity contribution in [3.63, 3.8) is 0 Å². The molecule has 0 saturated carbocycles. The molecule has 2 aromatic rings. The molecule has 0 amide bonds. The number of esters is 1. The van der Waals surface area contributed by atoms with Crippen LogP contribution in [-0.2, 0) is 18.4 Å². The number of nitrogens with zero attached hydrogens (tertiary/aromatic N) is 2. The normalized spacial score (nSPS) is 10.5. The molecule has 7 heteroatoms. The molecule has 0 N–H and O–H groups in total. The molecule has 0 aliphatic heterocycles. The van der Waals surface area contributed by atoms with Crippen LogP contribution in [0.2, 0.25) is 0 Å². The van der Waals surface area contributed by atoms with Gasteiger partial charge in [-0.25, -0.2) is 9.18 Å². The number of benzene rings is 1. The Bertz CT molecular complexity index is 658. The zero-order valence-electron chi connectivity index (χ0n) is 11.6. The van der Waals surface area contributed by atoms with Crippen molar-refractivity contribution in [2.75, 3.05) is 6.61 Å². The van der Waals surface area contributed by atoms with E-state index in [1.54, 1.807) is 20.0 Å². The molecule has 0 saturated heterocycles. The fourth-order valence-electron chi connectivity index (χ4n) is 1.75. The zero-order valence-corrected chi connectivity index (χ0v) is 13.2. The third-order valence-electron chi connectivity index (χ3n) is 2.81. The zero-order chi connectivity index (χ0) is 15.4. The standard InChI is InChI=1S/C14H14BrFN2O3/c1-3-20-14(19)10-7-17-18(2)12(10)8-21-13-6-9(16)4-5-11(13)15/h4-7H,3,8H2,1-2H3. The van der Waals surface area contributed by atoms with Gasteiger partial charge in [-0.2, -0.15) is 5.10 Å². The smallest absolute Gasteiger partial charge is 0.341 e. The topological polar surface area (TPSA) is 53.3 Å². The fourth-order valence-corrected chi connectivity index (χ4v) is 2.11. The third-order valence-corrected chi connectivity index (χ3v) is 3.47. The lowest BCUT2D eigenvalue weighted by atomic mass is 10.2. The Morgan fingerprint density at radius 1 is 1.48 bits per heavy atom. The van der Waals surface area contributed by atoms with Gasteiger partial charge in [-0.15, -0.1) is 0 Å². The van der Waals surface area contributed by atoms with E-state index in [1.165, 1.54) is 23.0 Å². The number of aromatic nitrogens is 2. The molecule has 2 rings (SSSR count). The van der Waals surface area contributed by atoms with Gasteiger partial charge in [0.15, 0.2) is 0 Å². The Balaban J connectivity index is 2.18. The first-order valence-corrected chi connectivity index (χ1v) is 7.08. The monoisotopic (exact) mass is 356 g/mol. The number of carbonyl (C=O) groups is 1. The van der Waals surface area contributed by atoms with E-state index < -0.39 is 11.8 Å². The summed E-state index contributed by atoms with van der Waals surface area (Å²) >= 11 is 3.28. The number of hydrogen-bond acceptors (Lipinski definition) is 4. The average Bonchev–Trinajstić information content (AvgIpc) is 2.81. The molecule has 0 fully saturated rings. The molecule has 0 radical (unpaired) electrons. The van der Waals surface area contributed by atoms with E-state index >= 15 is 0 Å². The maximum Gasteiger partial charge on any atom is 0.341 e. The predicted octanol–water partition coefficient (Wildman–Crippen LogP) is 3.08. The quantitative estimate of drug-likeness (QED) is 0.772. The van der Waals surface area contributed by atoms with Gasteiger partial charge in [-0.3, -0.25) is 4.68 Å². The van der Waals surface area contributed by atoms with E-state index in [0.717, 1.165) is 0 Å². The number of rotatable bonds is 5. The van der Waals surface area contributed by atoms with Crippen molar-refractivity contribution in [1.82, 2.24) is 9.78 Å². The summed E-state index contributed by atoms with van der Waals surface area (Å²) in [5.74, 6) is -0.502. The fraction of sp³-hybridized carbons (Fsp3) is 0.286. The SMILES string of the molecule is CCOC(=O)c1cnn(C)c1COc1cc(F)ccc1Br. The molecule has 0 aliphatic carbocycles. The van der Waals surface area contributed by atoms with E-state index in [0.29, 0.717) is 21.5 Å². The van der Waals surface area contributed by atoms with Crippen LogP contribution in [0.3, 0.4) is 0 Å². The Morgan fingerprint density at radius 3 is 2.95 bits per heavy atom. The molecule has 1 aromatic carbocycles. The molecule has 0 atom stereocenters. The molecule has 0 aliphatic rings. The van der Waals surface area contributed by atoms with Crippen LogP contribution in [0.25, 0.3) is 0 Å². The maximum atomic E-state index is 13.2. The van der Waals surface area contributed by atoms with Crippen LogP contribution in [0, 0.1) is 5.82 Å². The van der Waals surface area contributed by atoms with Crippen molar-refractivity contribution in [2.45, 2.75) is 13.5 Å². The highest BCUT2D eigenvalue weighted by Crippen LogP contribution is 2.26. The third kappa shape index (κ3) is 3.60. The Hall–Kier alpha value is -1.89. The summed E-state index contributed by atoms with van der Waals surface area (Å²) in [6.45, 7) is 2.09. The van der Waals surface area contributed by atoms with Crippen molar-refractivity contribution >= 4 is 21.9 Å². The second-order valence-electron chi connectivity index (χ2n) is 4.21. The lowest BCUT2D eigenvalue weighted by molar-refractivity contribution is 0.0523. The van der Waals surface area contributed by atoms with Gasteiger partial charge in [0, 0.05) is 13.1 Å². The van der Waals surface area contributed by atoms with Crippen LogP contribution >= 0.6 is 15.9 Å². The first-order chi connectivity index (χ1) is 10.0. The largest absolute Gasteiger partial charge is 0.486 e. The number of halogens is 2. The molecule has 1 aromatic heterocycles. The summed E-state index contributed by atoms with van der Waals surface area (Å²) in [6.07, 6.45) is 1.43. The van der Waals surface area contributed by atoms with Crippen molar-refractivity contribution in [3.8, 4) is 5.75 Å². The minimum atomic E-state index is -0.456. The van der Waals surface area contributed by atoms with Gasteiger partial charge in [-0.05, 0) is 35.0 Å². The van der Waals surface area contributed by atoms with Crippen molar-refractivity contribution in [1.29, 1.82) is 0 Å². The Morgan fingerprint density at radius 2 is 2.24 bits per heavy atom. The van der Waals surface area contributed by atoms with Crippen LogP contribution in [0.1, 0.15) is 23.0 Å². The summed E-state index contributed by atoms with van der Waals surface area (Å²) in [5.41, 5.74) is 0.900. The molecule has 1 heterocycles. The molecule has 21 heavy (non-hydrogen) atoms. The Labute approximate surface area is 129 Å². The Kier molecular flexibility index (Phi) is 4.95. The van der Waals surface area contributed by atoms with Gasteiger partial charge in [0.2, 0.25) is 0 Å². The second kappa shape index (κ2) is 6.71. The maximum absolute atomic E-state index is 13.2. The van der Waals surface area contributed by atoms with Crippen LogP contribution < -0.4 is 4.74 Å². The highest BCUT2D eigenvalue weighted by atomic mass is 79.9. The van der Waals surface area contributed by atoms with Gasteiger partial charge >= 0.3 is 5.97 Å². The van der Waals surface area contributed by atoms with E-state index in [4.69, 9.17) is 9.47 Å². The highest BCUT2D eigenvalue weighted by molar-refractivity contribution is 9.10. The van der Waals surface area contributed by atoms with Gasteiger partial charge in [0.25, 0.3) is 0 Å². The van der Waals surface area contributed by atoms with Gasteiger partial charge in [-0.1, -0.05) is 0 Å². The van der Waals surface area contributed by atoms with Crippen molar-refractivity contribution in [2.24, 2.45) is 7.05 Å². The summed E-state index contributed by atoms with van der Waals surface area (Å²) < 4.78 is 25.9. The number of carbonyl (C=O) groups excluding carboxylic acids is 1. The minimum Gasteiger partial charge on any atom is -0.486 e. The van der Waals surface area contributed by atoms with Gasteiger partial charge in [0.1, 0.15) is 23.7 Å².